The van der Waals surface area contributed by atoms with Gasteiger partial charge < -0.3 is 9.64 Å². The third kappa shape index (κ3) is 5.98. The van der Waals surface area contributed by atoms with Gasteiger partial charge in [-0.2, -0.15) is 0 Å². The van der Waals surface area contributed by atoms with E-state index in [1.807, 2.05) is 6.92 Å². The number of carbonyl (C=O) groups is 2. The molecule has 8 nitrogen and oxygen atoms in total. The summed E-state index contributed by atoms with van der Waals surface area (Å²) in [4.78, 5) is 40.4. The number of non-ortho nitro benzene ring substituents is 1. The van der Waals surface area contributed by atoms with Crippen LogP contribution in [0.3, 0.4) is 0 Å². The molecular weight excluding hydrogens is 382 g/mol. The van der Waals surface area contributed by atoms with Crippen LogP contribution in [0, 0.1) is 10.1 Å². The Morgan fingerprint density at radius 2 is 2.00 bits per heavy atom. The first-order valence-corrected chi connectivity index (χ1v) is 9.65. The molecule has 2 aromatic rings. The van der Waals surface area contributed by atoms with Gasteiger partial charge in [0.15, 0.2) is 5.69 Å². The van der Waals surface area contributed by atoms with Crippen molar-refractivity contribution in [2.24, 2.45) is 0 Å². The summed E-state index contributed by atoms with van der Waals surface area (Å²) in [6.45, 7) is 4.80. The minimum atomic E-state index is -0.476. The Morgan fingerprint density at radius 1 is 1.29 bits per heavy atom. The average Bonchev–Trinajstić information content (AvgIpc) is 3.15. The number of aromatic nitrogens is 1. The molecule has 0 unspecified atom stereocenters. The van der Waals surface area contributed by atoms with Gasteiger partial charge in [-0.3, -0.25) is 14.9 Å². The molecule has 0 saturated heterocycles. The first-order valence-electron chi connectivity index (χ1n) is 8.77. The molecule has 1 heterocycles. The van der Waals surface area contributed by atoms with E-state index in [4.69, 9.17) is 4.74 Å². The number of nitro groups is 1. The van der Waals surface area contributed by atoms with E-state index >= 15 is 0 Å². The summed E-state index contributed by atoms with van der Waals surface area (Å²) in [5.74, 6) is -0.676. The summed E-state index contributed by atoms with van der Waals surface area (Å²) in [5.41, 5.74) is 0.929. The zero-order chi connectivity index (χ0) is 20.5. The number of benzene rings is 1. The Bertz CT molecular complexity index is 861. The first kappa shape index (κ1) is 21.2. The molecule has 0 aliphatic heterocycles. The monoisotopic (exact) mass is 403 g/mol. The SMILES string of the molecule is CCCN(Cc1nc(C(=O)OCC)cs1)C(=O)/C=C/c1ccc([N+](=O)[O-])cc1. The summed E-state index contributed by atoms with van der Waals surface area (Å²) in [5, 5.41) is 13.0. The average molecular weight is 403 g/mol. The highest BCUT2D eigenvalue weighted by molar-refractivity contribution is 7.09. The summed E-state index contributed by atoms with van der Waals surface area (Å²) in [6, 6.07) is 5.94. The van der Waals surface area contributed by atoms with Crippen molar-refractivity contribution < 1.29 is 19.2 Å². The Labute approximate surface area is 166 Å². The summed E-state index contributed by atoms with van der Waals surface area (Å²) in [7, 11) is 0. The van der Waals surface area contributed by atoms with Gasteiger partial charge in [0, 0.05) is 30.1 Å². The zero-order valence-electron chi connectivity index (χ0n) is 15.7. The smallest absolute Gasteiger partial charge is 0.357 e. The summed E-state index contributed by atoms with van der Waals surface area (Å²) < 4.78 is 4.92. The normalized spacial score (nSPS) is 10.8. The Morgan fingerprint density at radius 3 is 2.61 bits per heavy atom. The van der Waals surface area contributed by atoms with Crippen LogP contribution in [0.2, 0.25) is 0 Å². The highest BCUT2D eigenvalue weighted by atomic mass is 32.1. The molecule has 2 rings (SSSR count). The van der Waals surface area contributed by atoms with Crippen molar-refractivity contribution in [3.63, 3.8) is 0 Å². The highest BCUT2D eigenvalue weighted by Gasteiger charge is 2.16. The Kier molecular flexibility index (Phi) is 7.82. The maximum atomic E-state index is 12.5. The summed E-state index contributed by atoms with van der Waals surface area (Å²) in [6.07, 6.45) is 3.81. The molecule has 0 spiro atoms. The predicted molar refractivity (Wildman–Crippen MR) is 106 cm³/mol. The number of thiazole rings is 1. The maximum Gasteiger partial charge on any atom is 0.357 e. The molecule has 9 heteroatoms. The molecule has 0 aliphatic rings. The van der Waals surface area contributed by atoms with E-state index in [1.165, 1.54) is 29.5 Å². The molecule has 0 aliphatic carbocycles. The van der Waals surface area contributed by atoms with Gasteiger partial charge in [-0.25, -0.2) is 9.78 Å². The third-order valence-corrected chi connectivity index (χ3v) is 4.52. The second-order valence-corrected chi connectivity index (χ2v) is 6.73. The lowest BCUT2D eigenvalue weighted by Crippen LogP contribution is -2.29. The zero-order valence-corrected chi connectivity index (χ0v) is 16.5. The van der Waals surface area contributed by atoms with Crippen LogP contribution in [0.15, 0.2) is 35.7 Å². The summed E-state index contributed by atoms with van der Waals surface area (Å²) >= 11 is 1.30. The van der Waals surface area contributed by atoms with E-state index < -0.39 is 10.9 Å². The second-order valence-electron chi connectivity index (χ2n) is 5.79. The second kappa shape index (κ2) is 10.3. The molecule has 0 radical (unpaired) electrons. The van der Waals surface area contributed by atoms with Crippen LogP contribution in [0.4, 0.5) is 5.69 Å². The van der Waals surface area contributed by atoms with E-state index in [2.05, 4.69) is 4.98 Å². The van der Waals surface area contributed by atoms with Crippen LogP contribution < -0.4 is 0 Å². The van der Waals surface area contributed by atoms with E-state index in [0.29, 0.717) is 23.7 Å². The van der Waals surface area contributed by atoms with Gasteiger partial charge in [0.2, 0.25) is 5.91 Å². The number of esters is 1. The highest BCUT2D eigenvalue weighted by Crippen LogP contribution is 2.16. The molecule has 148 valence electrons. The molecule has 0 fully saturated rings. The minimum absolute atomic E-state index is 0.00254. The van der Waals surface area contributed by atoms with Crippen LogP contribution in [0.25, 0.3) is 6.08 Å². The van der Waals surface area contributed by atoms with Crippen molar-refractivity contribution in [2.75, 3.05) is 13.2 Å². The van der Waals surface area contributed by atoms with Gasteiger partial charge in [-0.05, 0) is 37.1 Å². The van der Waals surface area contributed by atoms with Crippen molar-refractivity contribution in [1.82, 2.24) is 9.88 Å². The fraction of sp³-hybridized carbons (Fsp3) is 0.316. The van der Waals surface area contributed by atoms with Gasteiger partial charge in [0.05, 0.1) is 18.1 Å². The van der Waals surface area contributed by atoms with Gasteiger partial charge in [0.25, 0.3) is 5.69 Å². The van der Waals surface area contributed by atoms with E-state index in [9.17, 15) is 19.7 Å². The molecule has 1 aromatic heterocycles. The van der Waals surface area contributed by atoms with Crippen LogP contribution in [0.5, 0.6) is 0 Å². The molecule has 1 aromatic carbocycles. The lowest BCUT2D eigenvalue weighted by atomic mass is 10.2. The number of nitro benzene ring substituents is 1. The number of carbonyl (C=O) groups excluding carboxylic acids is 2. The van der Waals surface area contributed by atoms with Crippen LogP contribution in [0.1, 0.15) is 41.3 Å². The van der Waals surface area contributed by atoms with Crippen molar-refractivity contribution in [2.45, 2.75) is 26.8 Å². The quantitative estimate of drug-likeness (QED) is 0.274. The number of nitrogens with zero attached hydrogens (tertiary/aromatic N) is 3. The number of hydrogen-bond acceptors (Lipinski definition) is 7. The lowest BCUT2D eigenvalue weighted by Gasteiger charge is -2.19. The minimum Gasteiger partial charge on any atom is -0.461 e. The van der Waals surface area contributed by atoms with Crippen molar-refractivity contribution in [3.05, 3.63) is 62.1 Å². The molecular formula is C19H21N3O5S. The fourth-order valence-electron chi connectivity index (χ4n) is 2.36. The van der Waals surface area contributed by atoms with Crippen molar-refractivity contribution in [3.8, 4) is 0 Å². The number of rotatable bonds is 9. The largest absolute Gasteiger partial charge is 0.461 e. The van der Waals surface area contributed by atoms with Gasteiger partial charge in [-0.1, -0.05) is 6.92 Å². The molecule has 0 atom stereocenters. The van der Waals surface area contributed by atoms with Crippen LogP contribution >= 0.6 is 11.3 Å². The molecule has 0 bridgehead atoms. The molecule has 0 N–H and O–H groups in total. The lowest BCUT2D eigenvalue weighted by molar-refractivity contribution is -0.384. The van der Waals surface area contributed by atoms with Gasteiger partial charge in [-0.15, -0.1) is 11.3 Å². The standard InChI is InChI=1S/C19H21N3O5S/c1-3-11-21(12-17-20-16(13-28-17)19(24)27-4-2)18(23)10-7-14-5-8-15(9-6-14)22(25)26/h5-10,13H,3-4,11-12H2,1-2H3/b10-7+. The molecule has 1 amide bonds. The predicted octanol–water partition coefficient (Wildman–Crippen LogP) is 3.68. The maximum absolute atomic E-state index is 12.5. The van der Waals surface area contributed by atoms with E-state index in [1.54, 1.807) is 35.4 Å². The van der Waals surface area contributed by atoms with E-state index in [0.717, 1.165) is 6.42 Å². The van der Waals surface area contributed by atoms with Crippen LogP contribution in [-0.4, -0.2) is 39.8 Å². The van der Waals surface area contributed by atoms with Crippen molar-refractivity contribution in [1.29, 1.82) is 0 Å². The molecule has 0 saturated carbocycles. The van der Waals surface area contributed by atoms with Crippen LogP contribution in [-0.2, 0) is 16.1 Å². The number of ether oxygens (including phenoxy) is 1. The first-order chi connectivity index (χ1) is 13.4. The Hall–Kier alpha value is -3.07. The van der Waals surface area contributed by atoms with Gasteiger partial charge in [0.1, 0.15) is 5.01 Å². The number of amides is 1. The fourth-order valence-corrected chi connectivity index (χ4v) is 3.14. The van der Waals surface area contributed by atoms with Gasteiger partial charge >= 0.3 is 5.97 Å². The third-order valence-electron chi connectivity index (χ3n) is 3.69. The number of hydrogen-bond donors (Lipinski definition) is 0. The Balaban J connectivity index is 2.05. The molecule has 28 heavy (non-hydrogen) atoms. The topological polar surface area (TPSA) is 103 Å². The van der Waals surface area contributed by atoms with E-state index in [-0.39, 0.29) is 23.9 Å². The van der Waals surface area contributed by atoms with Crippen molar-refractivity contribution >= 4 is 35.0 Å².